The fourth-order valence-electron chi connectivity index (χ4n) is 3.07. The molecule has 0 amide bonds. The Bertz CT molecular complexity index is 1170. The Morgan fingerprint density at radius 3 is 2.50 bits per heavy atom. The first-order chi connectivity index (χ1) is 13.8. The smallest absolute Gasteiger partial charge is 0.235 e. The van der Waals surface area contributed by atoms with Crippen molar-refractivity contribution in [1.82, 2.24) is 19.8 Å². The van der Waals surface area contributed by atoms with E-state index in [1.807, 2.05) is 36.4 Å². The minimum atomic E-state index is 0.547. The Morgan fingerprint density at radius 1 is 0.893 bits per heavy atom. The van der Waals surface area contributed by atoms with Crippen molar-refractivity contribution in [3.05, 3.63) is 36.4 Å². The molecule has 0 saturated heterocycles. The summed E-state index contributed by atoms with van der Waals surface area (Å²) in [5, 5.41) is 14.1. The first-order valence-electron chi connectivity index (χ1n) is 8.61. The predicted octanol–water partition coefficient (Wildman–Crippen LogP) is 3.31. The van der Waals surface area contributed by atoms with E-state index in [9.17, 15) is 0 Å². The van der Waals surface area contributed by atoms with E-state index in [1.165, 1.54) is 11.3 Å². The molecule has 4 aromatic rings. The molecule has 3 heterocycles. The first-order valence-corrected chi connectivity index (χ1v) is 9.43. The Morgan fingerprint density at radius 2 is 1.68 bits per heavy atom. The van der Waals surface area contributed by atoms with Gasteiger partial charge >= 0.3 is 0 Å². The number of methoxy groups -OCH3 is 2. The van der Waals surface area contributed by atoms with Gasteiger partial charge in [-0.25, -0.2) is 0 Å². The molecule has 0 unspecified atom stereocenters. The molecule has 0 aliphatic carbocycles. The quantitative estimate of drug-likeness (QED) is 0.523. The summed E-state index contributed by atoms with van der Waals surface area (Å²) in [6.45, 7) is 1.11. The van der Waals surface area contributed by atoms with Crippen LogP contribution in [-0.2, 0) is 0 Å². The molecule has 5 rings (SSSR count). The third kappa shape index (κ3) is 2.71. The lowest BCUT2D eigenvalue weighted by Crippen LogP contribution is -2.15. The Kier molecular flexibility index (Phi) is 4.01. The molecule has 0 N–H and O–H groups in total. The number of hydrogen-bond acceptors (Lipinski definition) is 8. The molecule has 1 aliphatic rings. The summed E-state index contributed by atoms with van der Waals surface area (Å²) in [6, 6.07) is 11.4. The molecule has 9 heteroatoms. The zero-order valence-corrected chi connectivity index (χ0v) is 16.0. The van der Waals surface area contributed by atoms with Crippen molar-refractivity contribution in [2.45, 2.75) is 0 Å². The standard InChI is InChI=1S/C19H16N4O4S/c1-24-13-5-3-11(9-15(13)25-2)17-20-21-19-23(17)22-18(28-19)12-4-6-14-16(10-12)27-8-7-26-14/h3-6,9-10H,7-8H2,1-2H3. The summed E-state index contributed by atoms with van der Waals surface area (Å²) in [7, 11) is 3.21. The van der Waals surface area contributed by atoms with Gasteiger partial charge in [0.25, 0.3) is 0 Å². The highest BCUT2D eigenvalue weighted by Crippen LogP contribution is 2.37. The highest BCUT2D eigenvalue weighted by Gasteiger charge is 2.18. The molecule has 142 valence electrons. The predicted molar refractivity (Wildman–Crippen MR) is 104 cm³/mol. The van der Waals surface area contributed by atoms with Gasteiger partial charge in [-0.15, -0.1) is 10.2 Å². The Hall–Kier alpha value is -3.33. The van der Waals surface area contributed by atoms with Crippen LogP contribution in [0.3, 0.4) is 0 Å². The van der Waals surface area contributed by atoms with Gasteiger partial charge in [0.2, 0.25) is 4.96 Å². The van der Waals surface area contributed by atoms with Gasteiger partial charge in [-0.3, -0.25) is 0 Å². The third-order valence-electron chi connectivity index (χ3n) is 4.42. The van der Waals surface area contributed by atoms with Gasteiger partial charge in [-0.2, -0.15) is 9.61 Å². The molecule has 0 atom stereocenters. The van der Waals surface area contributed by atoms with E-state index in [4.69, 9.17) is 24.0 Å². The molecule has 0 bridgehead atoms. The van der Waals surface area contributed by atoms with E-state index in [-0.39, 0.29) is 0 Å². The van der Waals surface area contributed by atoms with Crippen LogP contribution in [0.2, 0.25) is 0 Å². The Balaban J connectivity index is 1.56. The van der Waals surface area contributed by atoms with Gasteiger partial charge in [0.15, 0.2) is 28.8 Å². The number of aromatic nitrogens is 4. The zero-order valence-electron chi connectivity index (χ0n) is 15.2. The average Bonchev–Trinajstić information content (AvgIpc) is 3.34. The molecule has 28 heavy (non-hydrogen) atoms. The van der Waals surface area contributed by atoms with Crippen LogP contribution < -0.4 is 18.9 Å². The van der Waals surface area contributed by atoms with Crippen LogP contribution >= 0.6 is 11.3 Å². The van der Waals surface area contributed by atoms with Crippen molar-refractivity contribution >= 4 is 16.3 Å². The van der Waals surface area contributed by atoms with E-state index in [1.54, 1.807) is 18.7 Å². The van der Waals surface area contributed by atoms with Crippen molar-refractivity contribution in [2.24, 2.45) is 0 Å². The van der Waals surface area contributed by atoms with Crippen LogP contribution in [0.5, 0.6) is 23.0 Å². The summed E-state index contributed by atoms with van der Waals surface area (Å²) in [5.74, 6) is 3.40. The number of ether oxygens (including phenoxy) is 4. The van der Waals surface area contributed by atoms with Crippen molar-refractivity contribution in [1.29, 1.82) is 0 Å². The van der Waals surface area contributed by atoms with E-state index in [0.717, 1.165) is 27.6 Å². The molecular formula is C19H16N4O4S. The highest BCUT2D eigenvalue weighted by molar-refractivity contribution is 7.19. The van der Waals surface area contributed by atoms with Crippen molar-refractivity contribution < 1.29 is 18.9 Å². The van der Waals surface area contributed by atoms with Gasteiger partial charge in [0.1, 0.15) is 18.2 Å². The zero-order chi connectivity index (χ0) is 19.1. The second kappa shape index (κ2) is 6.68. The van der Waals surface area contributed by atoms with Crippen molar-refractivity contribution in [2.75, 3.05) is 27.4 Å². The van der Waals surface area contributed by atoms with Crippen LogP contribution in [0.25, 0.3) is 26.9 Å². The van der Waals surface area contributed by atoms with Gasteiger partial charge < -0.3 is 18.9 Å². The lowest BCUT2D eigenvalue weighted by molar-refractivity contribution is 0.171. The van der Waals surface area contributed by atoms with Crippen LogP contribution in [-0.4, -0.2) is 47.2 Å². The van der Waals surface area contributed by atoms with Crippen LogP contribution in [0.1, 0.15) is 0 Å². The maximum absolute atomic E-state index is 5.67. The van der Waals surface area contributed by atoms with E-state index in [0.29, 0.717) is 35.5 Å². The molecule has 0 radical (unpaired) electrons. The number of nitrogens with zero attached hydrogens (tertiary/aromatic N) is 4. The molecule has 0 spiro atoms. The Labute approximate surface area is 164 Å². The maximum atomic E-state index is 5.67. The van der Waals surface area contributed by atoms with E-state index < -0.39 is 0 Å². The fourth-order valence-corrected chi connectivity index (χ4v) is 3.90. The second-order valence-corrected chi connectivity index (χ2v) is 7.01. The maximum Gasteiger partial charge on any atom is 0.235 e. The molecule has 8 nitrogen and oxygen atoms in total. The summed E-state index contributed by atoms with van der Waals surface area (Å²) >= 11 is 1.46. The van der Waals surface area contributed by atoms with E-state index >= 15 is 0 Å². The van der Waals surface area contributed by atoms with Gasteiger partial charge in [-0.05, 0) is 36.4 Å². The SMILES string of the molecule is COc1ccc(-c2nnc3sc(-c4ccc5c(c4)OCCO5)nn23)cc1OC. The third-order valence-corrected chi connectivity index (χ3v) is 5.37. The van der Waals surface area contributed by atoms with Gasteiger partial charge in [-0.1, -0.05) is 11.3 Å². The summed E-state index contributed by atoms with van der Waals surface area (Å²) in [6.07, 6.45) is 0. The van der Waals surface area contributed by atoms with Crippen LogP contribution in [0.4, 0.5) is 0 Å². The van der Waals surface area contributed by atoms with Gasteiger partial charge in [0, 0.05) is 11.1 Å². The topological polar surface area (TPSA) is 80.0 Å². The molecule has 1 aliphatic heterocycles. The minimum Gasteiger partial charge on any atom is -0.493 e. The minimum absolute atomic E-state index is 0.547. The normalized spacial score (nSPS) is 12.9. The monoisotopic (exact) mass is 396 g/mol. The molecule has 0 fully saturated rings. The lowest BCUT2D eigenvalue weighted by atomic mass is 10.2. The summed E-state index contributed by atoms with van der Waals surface area (Å²) < 4.78 is 23.7. The first kappa shape index (κ1) is 16.8. The van der Waals surface area contributed by atoms with Crippen molar-refractivity contribution in [3.8, 4) is 45.0 Å². The fraction of sp³-hybridized carbons (Fsp3) is 0.211. The average molecular weight is 396 g/mol. The van der Waals surface area contributed by atoms with E-state index in [2.05, 4.69) is 10.2 Å². The largest absolute Gasteiger partial charge is 0.493 e. The highest BCUT2D eigenvalue weighted by atomic mass is 32.1. The number of benzene rings is 2. The number of rotatable bonds is 4. The molecular weight excluding hydrogens is 380 g/mol. The number of fused-ring (bicyclic) bond motifs is 2. The summed E-state index contributed by atoms with van der Waals surface area (Å²) in [4.78, 5) is 0.703. The molecule has 0 saturated carbocycles. The lowest BCUT2D eigenvalue weighted by Gasteiger charge is -2.18. The van der Waals surface area contributed by atoms with Crippen LogP contribution in [0.15, 0.2) is 36.4 Å². The summed E-state index contributed by atoms with van der Waals surface area (Å²) in [5.41, 5.74) is 1.78. The number of hydrogen-bond donors (Lipinski definition) is 0. The second-order valence-electron chi connectivity index (χ2n) is 6.05. The van der Waals surface area contributed by atoms with Crippen LogP contribution in [0, 0.1) is 0 Å². The molecule has 2 aromatic carbocycles. The van der Waals surface area contributed by atoms with Gasteiger partial charge in [0.05, 0.1) is 14.2 Å². The van der Waals surface area contributed by atoms with Crippen molar-refractivity contribution in [3.63, 3.8) is 0 Å². The molecule has 2 aromatic heterocycles.